The van der Waals surface area contributed by atoms with Crippen molar-refractivity contribution in [3.63, 3.8) is 0 Å². The quantitative estimate of drug-likeness (QED) is 0.363. The summed E-state index contributed by atoms with van der Waals surface area (Å²) >= 11 is 0. The highest BCUT2D eigenvalue weighted by atomic mass is 19.1. The second-order valence-electron chi connectivity index (χ2n) is 7.46. The third-order valence-corrected chi connectivity index (χ3v) is 5.16. The van der Waals surface area contributed by atoms with Crippen molar-refractivity contribution in [3.8, 4) is 11.5 Å². The Labute approximate surface area is 183 Å². The van der Waals surface area contributed by atoms with E-state index in [9.17, 15) is 4.39 Å². The van der Waals surface area contributed by atoms with Gasteiger partial charge in [0.2, 0.25) is 0 Å². The Bertz CT molecular complexity index is 826. The highest BCUT2D eigenvalue weighted by Crippen LogP contribution is 2.20. The largest absolute Gasteiger partial charge is 0.494 e. The first-order valence-electron chi connectivity index (χ1n) is 10.8. The number of methoxy groups -OCH3 is 1. The Balaban J connectivity index is 1.42. The SMILES string of the molecule is CCNC(=NCCOc1cccnc1)NC1CCN(Cc2ccc(OC)c(F)c2)CC1. The van der Waals surface area contributed by atoms with Gasteiger partial charge in [-0.3, -0.25) is 9.88 Å². The van der Waals surface area contributed by atoms with E-state index in [-0.39, 0.29) is 11.6 Å². The van der Waals surface area contributed by atoms with Crippen LogP contribution in [0.3, 0.4) is 0 Å². The van der Waals surface area contributed by atoms with Gasteiger partial charge in [-0.15, -0.1) is 0 Å². The van der Waals surface area contributed by atoms with Crippen molar-refractivity contribution in [3.05, 3.63) is 54.1 Å². The van der Waals surface area contributed by atoms with E-state index in [1.54, 1.807) is 24.5 Å². The average molecular weight is 430 g/mol. The number of guanidine groups is 1. The topological polar surface area (TPSA) is 71.0 Å². The van der Waals surface area contributed by atoms with Crippen LogP contribution >= 0.6 is 0 Å². The number of benzene rings is 1. The Morgan fingerprint density at radius 1 is 1.29 bits per heavy atom. The van der Waals surface area contributed by atoms with E-state index in [4.69, 9.17) is 9.47 Å². The fourth-order valence-corrected chi connectivity index (χ4v) is 3.57. The fourth-order valence-electron chi connectivity index (χ4n) is 3.57. The molecule has 0 bridgehead atoms. The fraction of sp³-hybridized carbons (Fsp3) is 0.478. The van der Waals surface area contributed by atoms with Crippen LogP contribution in [0, 0.1) is 5.82 Å². The molecule has 3 rings (SSSR count). The lowest BCUT2D eigenvalue weighted by Crippen LogP contribution is -2.48. The van der Waals surface area contributed by atoms with Gasteiger partial charge in [-0.1, -0.05) is 6.07 Å². The number of pyridine rings is 1. The molecule has 0 amide bonds. The van der Waals surface area contributed by atoms with Crippen molar-refractivity contribution >= 4 is 5.96 Å². The van der Waals surface area contributed by atoms with Gasteiger partial charge < -0.3 is 20.1 Å². The van der Waals surface area contributed by atoms with Gasteiger partial charge in [0.05, 0.1) is 19.9 Å². The second kappa shape index (κ2) is 12.1. The summed E-state index contributed by atoms with van der Waals surface area (Å²) in [6.07, 6.45) is 5.44. The summed E-state index contributed by atoms with van der Waals surface area (Å²) in [6.45, 7) is 6.57. The predicted octanol–water partition coefficient (Wildman–Crippen LogP) is 2.83. The number of rotatable bonds is 9. The lowest BCUT2D eigenvalue weighted by Gasteiger charge is -2.33. The standard InChI is InChI=1S/C23H32FN5O2/c1-3-26-23(27-11-14-31-20-5-4-10-25-16-20)28-19-8-12-29(13-9-19)17-18-6-7-22(30-2)21(24)15-18/h4-7,10,15-16,19H,3,8-9,11-14,17H2,1-2H3,(H2,26,27,28). The van der Waals surface area contributed by atoms with Crippen LogP contribution in [0.25, 0.3) is 0 Å². The highest BCUT2D eigenvalue weighted by molar-refractivity contribution is 5.80. The summed E-state index contributed by atoms with van der Waals surface area (Å²) in [4.78, 5) is 11.0. The molecule has 0 radical (unpaired) electrons. The number of likely N-dealkylation sites (tertiary alicyclic amines) is 1. The molecule has 1 saturated heterocycles. The Hall–Kier alpha value is -2.87. The van der Waals surface area contributed by atoms with Crippen LogP contribution in [0.1, 0.15) is 25.3 Å². The van der Waals surface area contributed by atoms with Gasteiger partial charge in [0, 0.05) is 38.4 Å². The van der Waals surface area contributed by atoms with Gasteiger partial charge in [0.15, 0.2) is 17.5 Å². The molecule has 0 unspecified atom stereocenters. The van der Waals surface area contributed by atoms with Gasteiger partial charge in [0.1, 0.15) is 12.4 Å². The highest BCUT2D eigenvalue weighted by Gasteiger charge is 2.20. The minimum Gasteiger partial charge on any atom is -0.494 e. The van der Waals surface area contributed by atoms with E-state index in [2.05, 4.69) is 32.4 Å². The van der Waals surface area contributed by atoms with Gasteiger partial charge in [-0.2, -0.15) is 0 Å². The molecule has 31 heavy (non-hydrogen) atoms. The van der Waals surface area contributed by atoms with Crippen LogP contribution < -0.4 is 20.1 Å². The van der Waals surface area contributed by atoms with Crippen molar-refractivity contribution in [2.75, 3.05) is 39.9 Å². The second-order valence-corrected chi connectivity index (χ2v) is 7.46. The van der Waals surface area contributed by atoms with Crippen LogP contribution in [-0.4, -0.2) is 61.8 Å². The smallest absolute Gasteiger partial charge is 0.191 e. The van der Waals surface area contributed by atoms with E-state index >= 15 is 0 Å². The molecule has 0 atom stereocenters. The average Bonchev–Trinajstić information content (AvgIpc) is 2.79. The summed E-state index contributed by atoms with van der Waals surface area (Å²) < 4.78 is 24.6. The summed E-state index contributed by atoms with van der Waals surface area (Å²) in [5.74, 6) is 1.54. The van der Waals surface area contributed by atoms with Crippen molar-refractivity contribution in [1.82, 2.24) is 20.5 Å². The summed E-state index contributed by atoms with van der Waals surface area (Å²) in [5.41, 5.74) is 0.966. The van der Waals surface area contributed by atoms with Crippen LogP contribution in [0.5, 0.6) is 11.5 Å². The number of aromatic nitrogens is 1. The molecule has 0 aliphatic carbocycles. The monoisotopic (exact) mass is 429 g/mol. The number of ether oxygens (including phenoxy) is 2. The lowest BCUT2D eigenvalue weighted by atomic mass is 10.0. The minimum atomic E-state index is -0.310. The van der Waals surface area contributed by atoms with Crippen LogP contribution in [0.4, 0.5) is 4.39 Å². The van der Waals surface area contributed by atoms with E-state index in [1.807, 2.05) is 18.2 Å². The first-order chi connectivity index (χ1) is 15.2. The minimum absolute atomic E-state index is 0.285. The van der Waals surface area contributed by atoms with Crippen molar-refractivity contribution in [2.24, 2.45) is 4.99 Å². The van der Waals surface area contributed by atoms with E-state index in [1.165, 1.54) is 7.11 Å². The molecule has 0 saturated carbocycles. The number of nitrogens with one attached hydrogen (secondary N) is 2. The number of aliphatic imine (C=N–C) groups is 1. The number of nitrogens with zero attached hydrogens (tertiary/aromatic N) is 3. The normalized spacial score (nSPS) is 15.5. The molecule has 2 heterocycles. The molecule has 168 valence electrons. The molecule has 1 aromatic carbocycles. The molecule has 1 aliphatic rings. The zero-order valence-corrected chi connectivity index (χ0v) is 18.3. The van der Waals surface area contributed by atoms with Crippen LogP contribution in [0.2, 0.25) is 0 Å². The molecule has 2 aromatic rings. The van der Waals surface area contributed by atoms with Crippen molar-refractivity contribution < 1.29 is 13.9 Å². The molecular formula is C23H32FN5O2. The number of halogens is 1. The number of piperidine rings is 1. The summed E-state index contributed by atoms with van der Waals surface area (Å²) in [7, 11) is 1.48. The van der Waals surface area contributed by atoms with Crippen LogP contribution in [0.15, 0.2) is 47.7 Å². The zero-order valence-electron chi connectivity index (χ0n) is 18.3. The van der Waals surface area contributed by atoms with Gasteiger partial charge in [-0.25, -0.2) is 9.38 Å². The Kier molecular flexibility index (Phi) is 8.90. The molecule has 7 nitrogen and oxygen atoms in total. The third-order valence-electron chi connectivity index (χ3n) is 5.16. The zero-order chi connectivity index (χ0) is 21.9. The molecule has 0 spiro atoms. The maximum Gasteiger partial charge on any atom is 0.191 e. The molecule has 8 heteroatoms. The molecule has 1 aliphatic heterocycles. The van der Waals surface area contributed by atoms with Gasteiger partial charge in [0.25, 0.3) is 0 Å². The predicted molar refractivity (Wildman–Crippen MR) is 120 cm³/mol. The maximum atomic E-state index is 13.9. The summed E-state index contributed by atoms with van der Waals surface area (Å²) in [6, 6.07) is 9.27. The first kappa shape index (κ1) is 22.8. The Morgan fingerprint density at radius 2 is 2.13 bits per heavy atom. The Morgan fingerprint density at radius 3 is 2.81 bits per heavy atom. The summed E-state index contributed by atoms with van der Waals surface area (Å²) in [5, 5.41) is 6.83. The van der Waals surface area contributed by atoms with Gasteiger partial charge in [-0.05, 0) is 49.6 Å². The van der Waals surface area contributed by atoms with E-state index in [0.717, 1.165) is 56.3 Å². The molecule has 1 fully saturated rings. The van der Waals surface area contributed by atoms with Gasteiger partial charge >= 0.3 is 0 Å². The number of hydrogen-bond acceptors (Lipinski definition) is 5. The van der Waals surface area contributed by atoms with Crippen molar-refractivity contribution in [2.45, 2.75) is 32.4 Å². The molecule has 2 N–H and O–H groups in total. The third kappa shape index (κ3) is 7.40. The maximum absolute atomic E-state index is 13.9. The number of hydrogen-bond donors (Lipinski definition) is 2. The molecular weight excluding hydrogens is 397 g/mol. The van der Waals surface area contributed by atoms with Crippen molar-refractivity contribution in [1.29, 1.82) is 0 Å². The van der Waals surface area contributed by atoms with E-state index < -0.39 is 0 Å². The lowest BCUT2D eigenvalue weighted by molar-refractivity contribution is 0.198. The van der Waals surface area contributed by atoms with E-state index in [0.29, 0.717) is 19.2 Å². The van der Waals surface area contributed by atoms with Crippen LogP contribution in [-0.2, 0) is 6.54 Å². The first-order valence-corrected chi connectivity index (χ1v) is 10.8. The molecule has 1 aromatic heterocycles.